The average Bonchev–Trinajstić information content (AvgIpc) is 2.98. The number of anilines is 1. The number of nitrogens with zero attached hydrogens (tertiary/aromatic N) is 4. The molecule has 0 saturated carbocycles. The number of nitro groups is 1. The van der Waals surface area contributed by atoms with Gasteiger partial charge in [0, 0.05) is 4.88 Å². The van der Waals surface area contributed by atoms with Gasteiger partial charge < -0.3 is 5.32 Å². The van der Waals surface area contributed by atoms with Gasteiger partial charge in [0.1, 0.15) is 17.9 Å². The molecule has 1 amide bonds. The van der Waals surface area contributed by atoms with Gasteiger partial charge in [-0.05, 0) is 39.0 Å². The average molecular weight is 349 g/mol. The second kappa shape index (κ2) is 6.31. The van der Waals surface area contributed by atoms with Gasteiger partial charge >= 0.3 is 5.69 Å². The van der Waals surface area contributed by atoms with E-state index >= 15 is 0 Å². The number of aromatic nitrogens is 3. The van der Waals surface area contributed by atoms with Crippen molar-refractivity contribution in [3.05, 3.63) is 32.1 Å². The number of aryl methyl sites for hydroxylation is 2. The fraction of sp³-hybridized carbons (Fsp3) is 0.533. The molecule has 1 atom stereocenters. The van der Waals surface area contributed by atoms with Crippen LogP contribution in [0.3, 0.4) is 0 Å². The summed E-state index contributed by atoms with van der Waals surface area (Å²) in [7, 11) is 0. The van der Waals surface area contributed by atoms with Crippen LogP contribution in [-0.4, -0.2) is 25.6 Å². The molecule has 24 heavy (non-hydrogen) atoms. The first kappa shape index (κ1) is 16.6. The Hall–Kier alpha value is -2.29. The highest BCUT2D eigenvalue weighted by Crippen LogP contribution is 2.32. The normalized spacial score (nSPS) is 16.7. The van der Waals surface area contributed by atoms with Crippen molar-refractivity contribution in [2.24, 2.45) is 5.92 Å². The molecule has 0 aliphatic heterocycles. The summed E-state index contributed by atoms with van der Waals surface area (Å²) in [6.45, 7) is 5.31. The number of amides is 1. The number of hydrogen-bond donors (Lipinski definition) is 1. The van der Waals surface area contributed by atoms with Crippen LogP contribution < -0.4 is 5.32 Å². The van der Waals surface area contributed by atoms with Crippen molar-refractivity contribution in [3.8, 4) is 0 Å². The first-order valence-corrected chi connectivity index (χ1v) is 8.63. The van der Waals surface area contributed by atoms with Crippen LogP contribution in [0.25, 0.3) is 0 Å². The van der Waals surface area contributed by atoms with Crippen LogP contribution in [0.1, 0.15) is 35.3 Å². The van der Waals surface area contributed by atoms with E-state index in [1.807, 2.05) is 0 Å². The van der Waals surface area contributed by atoms with E-state index in [0.29, 0.717) is 22.4 Å². The van der Waals surface area contributed by atoms with Gasteiger partial charge in [0.25, 0.3) is 0 Å². The Morgan fingerprint density at radius 3 is 2.92 bits per heavy atom. The monoisotopic (exact) mass is 349 g/mol. The standard InChI is InChI=1S/C15H19N5O3S/c1-8-4-5-11-12(6-8)24-15(16-11)17-13(21)7-19-10(3)14(20(22)23)9(2)18-19/h8H,4-7H2,1-3H3,(H,16,17,21). The third-order valence-corrected chi connectivity index (χ3v) is 5.29. The minimum absolute atomic E-state index is 0.0403. The minimum Gasteiger partial charge on any atom is -0.300 e. The number of rotatable bonds is 4. The molecule has 0 spiro atoms. The highest BCUT2D eigenvalue weighted by atomic mass is 32.1. The van der Waals surface area contributed by atoms with Gasteiger partial charge in [0.15, 0.2) is 5.13 Å². The summed E-state index contributed by atoms with van der Waals surface area (Å²) < 4.78 is 1.36. The van der Waals surface area contributed by atoms with Crippen LogP contribution in [0, 0.1) is 29.9 Å². The molecule has 1 aliphatic carbocycles. The molecule has 0 radical (unpaired) electrons. The molecule has 0 fully saturated rings. The Bertz CT molecular complexity index is 810. The molecule has 9 heteroatoms. The van der Waals surface area contributed by atoms with Gasteiger partial charge in [-0.15, -0.1) is 11.3 Å². The van der Waals surface area contributed by atoms with E-state index in [0.717, 1.165) is 25.0 Å². The molecule has 128 valence electrons. The summed E-state index contributed by atoms with van der Waals surface area (Å²) in [5, 5.41) is 18.5. The Labute approximate surface area is 143 Å². The Morgan fingerprint density at radius 2 is 2.25 bits per heavy atom. The number of hydrogen-bond acceptors (Lipinski definition) is 6. The van der Waals surface area contributed by atoms with E-state index in [-0.39, 0.29) is 18.1 Å². The maximum absolute atomic E-state index is 12.2. The van der Waals surface area contributed by atoms with E-state index in [2.05, 4.69) is 22.3 Å². The highest BCUT2D eigenvalue weighted by Gasteiger charge is 2.24. The van der Waals surface area contributed by atoms with Gasteiger partial charge in [-0.1, -0.05) is 6.92 Å². The molecule has 0 saturated heterocycles. The minimum atomic E-state index is -0.470. The lowest BCUT2D eigenvalue weighted by atomic mass is 9.93. The number of carbonyl (C=O) groups is 1. The van der Waals surface area contributed by atoms with Crippen LogP contribution in [0.4, 0.5) is 10.8 Å². The molecule has 1 unspecified atom stereocenters. The van der Waals surface area contributed by atoms with Gasteiger partial charge in [-0.2, -0.15) is 5.10 Å². The largest absolute Gasteiger partial charge is 0.312 e. The van der Waals surface area contributed by atoms with E-state index in [1.165, 1.54) is 20.9 Å². The van der Waals surface area contributed by atoms with Crippen molar-refractivity contribution in [3.63, 3.8) is 0 Å². The predicted molar refractivity (Wildman–Crippen MR) is 90.3 cm³/mol. The zero-order valence-electron chi connectivity index (χ0n) is 13.8. The van der Waals surface area contributed by atoms with Crippen molar-refractivity contribution in [1.29, 1.82) is 0 Å². The second-order valence-corrected chi connectivity index (χ2v) is 7.30. The third-order valence-electron chi connectivity index (χ3n) is 4.25. The summed E-state index contributed by atoms with van der Waals surface area (Å²) in [6, 6.07) is 0. The van der Waals surface area contributed by atoms with E-state index in [4.69, 9.17) is 0 Å². The molecule has 0 aromatic carbocycles. The summed E-state index contributed by atoms with van der Waals surface area (Å²) >= 11 is 1.51. The van der Waals surface area contributed by atoms with Gasteiger partial charge in [0.05, 0.1) is 10.6 Å². The zero-order chi connectivity index (χ0) is 17.4. The van der Waals surface area contributed by atoms with Gasteiger partial charge in [0.2, 0.25) is 5.91 Å². The summed E-state index contributed by atoms with van der Waals surface area (Å²) in [5.41, 5.74) is 1.72. The van der Waals surface area contributed by atoms with E-state index in [1.54, 1.807) is 13.8 Å². The molecule has 2 aromatic heterocycles. The third kappa shape index (κ3) is 3.16. The van der Waals surface area contributed by atoms with Crippen molar-refractivity contribution < 1.29 is 9.72 Å². The van der Waals surface area contributed by atoms with Crippen LogP contribution in [0.5, 0.6) is 0 Å². The summed E-state index contributed by atoms with van der Waals surface area (Å²) in [4.78, 5) is 28.5. The lowest BCUT2D eigenvalue weighted by molar-refractivity contribution is -0.386. The molecule has 8 nitrogen and oxygen atoms in total. The number of nitrogens with one attached hydrogen (secondary N) is 1. The molecule has 0 bridgehead atoms. The lowest BCUT2D eigenvalue weighted by Crippen LogP contribution is -2.20. The zero-order valence-corrected chi connectivity index (χ0v) is 14.6. The van der Waals surface area contributed by atoms with Crippen molar-refractivity contribution in [2.45, 2.75) is 46.6 Å². The Balaban J connectivity index is 1.71. The topological polar surface area (TPSA) is 103 Å². The highest BCUT2D eigenvalue weighted by molar-refractivity contribution is 7.15. The maximum atomic E-state index is 12.2. The van der Waals surface area contributed by atoms with Crippen molar-refractivity contribution >= 4 is 28.1 Å². The van der Waals surface area contributed by atoms with Gasteiger partial charge in [-0.3, -0.25) is 19.6 Å². The second-order valence-electron chi connectivity index (χ2n) is 6.22. The number of carbonyl (C=O) groups excluding carboxylic acids is 1. The molecular weight excluding hydrogens is 330 g/mol. The SMILES string of the molecule is Cc1nn(CC(=O)Nc2nc3c(s2)CC(C)CC3)c(C)c1[N+](=O)[O-]. The van der Waals surface area contributed by atoms with E-state index < -0.39 is 4.92 Å². The van der Waals surface area contributed by atoms with Crippen LogP contribution in [0.2, 0.25) is 0 Å². The maximum Gasteiger partial charge on any atom is 0.312 e. The van der Waals surface area contributed by atoms with Crippen LogP contribution >= 0.6 is 11.3 Å². The molecular formula is C15H19N5O3S. The van der Waals surface area contributed by atoms with Crippen LogP contribution in [-0.2, 0) is 24.2 Å². The number of fused-ring (bicyclic) bond motifs is 1. The summed E-state index contributed by atoms with van der Waals surface area (Å²) in [6.07, 6.45) is 3.08. The van der Waals surface area contributed by atoms with Gasteiger partial charge in [-0.25, -0.2) is 4.98 Å². The summed E-state index contributed by atoms with van der Waals surface area (Å²) in [5.74, 6) is 0.367. The Kier molecular flexibility index (Phi) is 4.35. The first-order chi connectivity index (χ1) is 11.3. The molecule has 2 aromatic rings. The van der Waals surface area contributed by atoms with Crippen molar-refractivity contribution in [1.82, 2.24) is 14.8 Å². The molecule has 1 N–H and O–H groups in total. The quantitative estimate of drug-likeness (QED) is 0.675. The molecule has 3 rings (SSSR count). The predicted octanol–water partition coefficient (Wildman–Crippen LogP) is 2.63. The Morgan fingerprint density at radius 1 is 1.50 bits per heavy atom. The fourth-order valence-corrected chi connectivity index (χ4v) is 4.18. The molecule has 1 aliphatic rings. The van der Waals surface area contributed by atoms with Crippen molar-refractivity contribution in [2.75, 3.05) is 5.32 Å². The smallest absolute Gasteiger partial charge is 0.300 e. The van der Waals surface area contributed by atoms with Crippen LogP contribution in [0.15, 0.2) is 0 Å². The fourth-order valence-electron chi connectivity index (χ4n) is 2.99. The first-order valence-electron chi connectivity index (χ1n) is 7.82. The lowest BCUT2D eigenvalue weighted by Gasteiger charge is -2.15. The van der Waals surface area contributed by atoms with E-state index in [9.17, 15) is 14.9 Å². The molecule has 2 heterocycles. The number of thiazole rings is 1.